The average molecular weight is 471 g/mol. The van der Waals surface area contributed by atoms with Crippen LogP contribution >= 0.6 is 11.3 Å². The quantitative estimate of drug-likeness (QED) is 0.348. The SMILES string of the molecule is CC[C@H](C)[C@H](NC(=O)c1ccc(-c2ccccc2)cc1)C(=O)Nc1nnc(-c2ccccc2)s1. The molecule has 0 fully saturated rings. The molecule has 0 bridgehead atoms. The Hall–Kier alpha value is -3.84. The minimum atomic E-state index is -0.699. The molecule has 2 atom stereocenters. The Kier molecular flexibility index (Phi) is 7.44. The second kappa shape index (κ2) is 10.9. The third kappa shape index (κ3) is 5.55. The number of hydrogen-bond donors (Lipinski definition) is 2. The van der Waals surface area contributed by atoms with Crippen molar-refractivity contribution in [2.75, 3.05) is 5.32 Å². The van der Waals surface area contributed by atoms with Crippen molar-refractivity contribution in [1.82, 2.24) is 15.5 Å². The first kappa shape index (κ1) is 23.3. The monoisotopic (exact) mass is 470 g/mol. The number of nitrogens with one attached hydrogen (secondary N) is 2. The van der Waals surface area contributed by atoms with Crippen LogP contribution in [0.4, 0.5) is 5.13 Å². The van der Waals surface area contributed by atoms with Crippen LogP contribution in [0.2, 0.25) is 0 Å². The molecule has 2 N–H and O–H groups in total. The molecule has 0 aliphatic heterocycles. The maximum Gasteiger partial charge on any atom is 0.251 e. The van der Waals surface area contributed by atoms with Crippen LogP contribution < -0.4 is 10.6 Å². The van der Waals surface area contributed by atoms with Gasteiger partial charge in [0, 0.05) is 11.1 Å². The Balaban J connectivity index is 1.45. The summed E-state index contributed by atoms with van der Waals surface area (Å²) in [6.07, 6.45) is 0.733. The predicted octanol–water partition coefficient (Wildman–Crippen LogP) is 5.66. The topological polar surface area (TPSA) is 84.0 Å². The van der Waals surface area contributed by atoms with Gasteiger partial charge in [-0.25, -0.2) is 0 Å². The van der Waals surface area contributed by atoms with Gasteiger partial charge in [0.15, 0.2) is 0 Å². The molecule has 0 aliphatic rings. The van der Waals surface area contributed by atoms with Crippen molar-refractivity contribution >= 4 is 28.3 Å². The standard InChI is InChI=1S/C27H26N4O2S/c1-3-18(2)23(25(33)29-27-31-30-26(34-27)22-12-8-5-9-13-22)28-24(32)21-16-14-20(15-17-21)19-10-6-4-7-11-19/h4-18,23H,3H2,1-2H3,(H,28,32)(H,29,31,33)/t18-,23-/m0/s1. The van der Waals surface area contributed by atoms with E-state index in [0.717, 1.165) is 28.1 Å². The Labute approximate surface area is 203 Å². The van der Waals surface area contributed by atoms with E-state index in [2.05, 4.69) is 20.8 Å². The Morgan fingerprint density at radius 1 is 0.824 bits per heavy atom. The molecule has 4 rings (SSSR count). The molecule has 0 saturated heterocycles. The van der Waals surface area contributed by atoms with E-state index in [1.807, 2.05) is 86.6 Å². The van der Waals surface area contributed by atoms with Crippen molar-refractivity contribution in [3.63, 3.8) is 0 Å². The number of aromatic nitrogens is 2. The largest absolute Gasteiger partial charge is 0.340 e. The molecule has 0 saturated carbocycles. The van der Waals surface area contributed by atoms with Crippen molar-refractivity contribution in [2.45, 2.75) is 26.3 Å². The van der Waals surface area contributed by atoms with E-state index < -0.39 is 6.04 Å². The second-order valence-corrected chi connectivity index (χ2v) is 9.03. The number of carbonyl (C=O) groups excluding carboxylic acids is 2. The first-order valence-corrected chi connectivity index (χ1v) is 12.0. The molecule has 1 heterocycles. The van der Waals surface area contributed by atoms with Gasteiger partial charge in [-0.05, 0) is 29.2 Å². The molecule has 7 heteroatoms. The summed E-state index contributed by atoms with van der Waals surface area (Å²) in [5.74, 6) is -0.657. The highest BCUT2D eigenvalue weighted by Gasteiger charge is 2.27. The van der Waals surface area contributed by atoms with E-state index in [0.29, 0.717) is 10.7 Å². The van der Waals surface area contributed by atoms with Crippen molar-refractivity contribution < 1.29 is 9.59 Å². The van der Waals surface area contributed by atoms with E-state index in [-0.39, 0.29) is 17.7 Å². The number of amides is 2. The van der Waals surface area contributed by atoms with Gasteiger partial charge in [-0.15, -0.1) is 10.2 Å². The summed E-state index contributed by atoms with van der Waals surface area (Å²) in [6.45, 7) is 3.93. The lowest BCUT2D eigenvalue weighted by Gasteiger charge is -2.23. The zero-order chi connectivity index (χ0) is 23.9. The van der Waals surface area contributed by atoms with Gasteiger partial charge in [0.1, 0.15) is 11.0 Å². The fourth-order valence-corrected chi connectivity index (χ4v) is 4.28. The molecule has 0 spiro atoms. The lowest BCUT2D eigenvalue weighted by Crippen LogP contribution is -2.47. The molecule has 34 heavy (non-hydrogen) atoms. The average Bonchev–Trinajstić information content (AvgIpc) is 3.36. The Morgan fingerprint density at radius 3 is 2.03 bits per heavy atom. The van der Waals surface area contributed by atoms with Crippen molar-refractivity contribution in [3.8, 4) is 21.7 Å². The van der Waals surface area contributed by atoms with Crippen LogP contribution in [-0.2, 0) is 4.79 Å². The number of carbonyl (C=O) groups is 2. The van der Waals surface area contributed by atoms with Crippen molar-refractivity contribution in [1.29, 1.82) is 0 Å². The van der Waals surface area contributed by atoms with E-state index in [4.69, 9.17) is 0 Å². The van der Waals surface area contributed by atoms with Gasteiger partial charge >= 0.3 is 0 Å². The maximum atomic E-state index is 13.1. The molecule has 1 aromatic heterocycles. The summed E-state index contributed by atoms with van der Waals surface area (Å²) < 4.78 is 0. The lowest BCUT2D eigenvalue weighted by molar-refractivity contribution is -0.119. The molecular formula is C27H26N4O2S. The van der Waals surface area contributed by atoms with Crippen LogP contribution in [0.15, 0.2) is 84.9 Å². The molecule has 0 radical (unpaired) electrons. The summed E-state index contributed by atoms with van der Waals surface area (Å²) in [5, 5.41) is 15.1. The molecular weight excluding hydrogens is 444 g/mol. The van der Waals surface area contributed by atoms with Gasteiger partial charge in [0.2, 0.25) is 11.0 Å². The number of nitrogens with zero attached hydrogens (tertiary/aromatic N) is 2. The Morgan fingerprint density at radius 2 is 1.41 bits per heavy atom. The molecule has 2 amide bonds. The molecule has 0 unspecified atom stereocenters. The van der Waals surface area contributed by atoms with Gasteiger partial charge in [0.05, 0.1) is 0 Å². The summed E-state index contributed by atoms with van der Waals surface area (Å²) >= 11 is 1.30. The van der Waals surface area contributed by atoms with Crippen LogP contribution in [0.25, 0.3) is 21.7 Å². The number of rotatable bonds is 8. The third-order valence-electron chi connectivity index (χ3n) is 5.71. The summed E-state index contributed by atoms with van der Waals surface area (Å²) in [4.78, 5) is 26.0. The van der Waals surface area contributed by atoms with Gasteiger partial charge in [-0.3, -0.25) is 14.9 Å². The van der Waals surface area contributed by atoms with E-state index in [1.165, 1.54) is 11.3 Å². The van der Waals surface area contributed by atoms with Crippen LogP contribution in [0, 0.1) is 5.92 Å². The molecule has 6 nitrogen and oxygen atoms in total. The number of anilines is 1. The molecule has 172 valence electrons. The van der Waals surface area contributed by atoms with Crippen LogP contribution in [-0.4, -0.2) is 28.1 Å². The number of benzene rings is 3. The second-order valence-electron chi connectivity index (χ2n) is 8.05. The summed E-state index contributed by atoms with van der Waals surface area (Å²) in [6, 6.07) is 26.3. The van der Waals surface area contributed by atoms with Gasteiger partial charge in [-0.2, -0.15) is 0 Å². The van der Waals surface area contributed by atoms with Crippen molar-refractivity contribution in [3.05, 3.63) is 90.5 Å². The van der Waals surface area contributed by atoms with Gasteiger partial charge in [0.25, 0.3) is 5.91 Å². The smallest absolute Gasteiger partial charge is 0.251 e. The Bertz CT molecular complexity index is 1240. The fraction of sp³-hybridized carbons (Fsp3) is 0.185. The van der Waals surface area contributed by atoms with E-state index in [9.17, 15) is 9.59 Å². The predicted molar refractivity (Wildman–Crippen MR) is 137 cm³/mol. The maximum absolute atomic E-state index is 13.1. The zero-order valence-electron chi connectivity index (χ0n) is 19.1. The fourth-order valence-electron chi connectivity index (χ4n) is 3.53. The zero-order valence-corrected chi connectivity index (χ0v) is 19.9. The molecule has 4 aromatic rings. The van der Waals surface area contributed by atoms with E-state index in [1.54, 1.807) is 12.1 Å². The highest BCUT2D eigenvalue weighted by Crippen LogP contribution is 2.26. The minimum absolute atomic E-state index is 0.0611. The summed E-state index contributed by atoms with van der Waals surface area (Å²) in [7, 11) is 0. The molecule has 0 aliphatic carbocycles. The van der Waals surface area contributed by atoms with Crippen LogP contribution in [0.5, 0.6) is 0 Å². The van der Waals surface area contributed by atoms with Crippen molar-refractivity contribution in [2.24, 2.45) is 5.92 Å². The normalized spacial score (nSPS) is 12.5. The van der Waals surface area contributed by atoms with Crippen LogP contribution in [0.1, 0.15) is 30.6 Å². The molecule has 3 aromatic carbocycles. The summed E-state index contributed by atoms with van der Waals surface area (Å²) in [5.41, 5.74) is 3.55. The van der Waals surface area contributed by atoms with Crippen LogP contribution in [0.3, 0.4) is 0 Å². The first-order valence-electron chi connectivity index (χ1n) is 11.2. The van der Waals surface area contributed by atoms with Gasteiger partial charge < -0.3 is 5.32 Å². The lowest BCUT2D eigenvalue weighted by atomic mass is 9.97. The highest BCUT2D eigenvalue weighted by atomic mass is 32.1. The number of hydrogen-bond acceptors (Lipinski definition) is 5. The third-order valence-corrected chi connectivity index (χ3v) is 6.60. The van der Waals surface area contributed by atoms with E-state index >= 15 is 0 Å². The van der Waals surface area contributed by atoms with Gasteiger partial charge in [-0.1, -0.05) is 104 Å². The first-order chi connectivity index (χ1) is 16.5. The highest BCUT2D eigenvalue weighted by molar-refractivity contribution is 7.18. The minimum Gasteiger partial charge on any atom is -0.340 e.